The normalized spacial score (nSPS) is 18.8. The van der Waals surface area contributed by atoms with Gasteiger partial charge in [0.05, 0.1) is 12.7 Å². The lowest BCUT2D eigenvalue weighted by Crippen LogP contribution is -2.37. The maximum atomic E-state index is 9.21. The van der Waals surface area contributed by atoms with Crippen molar-refractivity contribution in [2.75, 3.05) is 32.8 Å². The molecule has 0 aliphatic carbocycles. The van der Waals surface area contributed by atoms with Crippen molar-refractivity contribution in [3.63, 3.8) is 0 Å². The molecule has 1 N–H and O–H groups in total. The lowest BCUT2D eigenvalue weighted by molar-refractivity contribution is 0.0304. The molecule has 1 aliphatic heterocycles. The molecule has 1 atom stereocenters. The lowest BCUT2D eigenvalue weighted by atomic mass is 10.0. The quantitative estimate of drug-likeness (QED) is 0.613. The molecule has 0 aromatic heterocycles. The van der Waals surface area contributed by atoms with E-state index in [-0.39, 0.29) is 12.7 Å². The largest absolute Gasteiger partial charge is 0.396 e. The molecule has 1 heterocycles. The summed E-state index contributed by atoms with van der Waals surface area (Å²) in [5, 5.41) is 9.21. The van der Waals surface area contributed by atoms with Gasteiger partial charge in [-0.3, -0.25) is 0 Å². The van der Waals surface area contributed by atoms with E-state index in [9.17, 15) is 5.11 Å². The van der Waals surface area contributed by atoms with Crippen molar-refractivity contribution in [3.05, 3.63) is 0 Å². The van der Waals surface area contributed by atoms with Gasteiger partial charge >= 0.3 is 0 Å². The summed E-state index contributed by atoms with van der Waals surface area (Å²) in [5.41, 5.74) is 0. The minimum atomic E-state index is 0.260. The highest BCUT2D eigenvalue weighted by atomic mass is 16.5. The second-order valence-corrected chi connectivity index (χ2v) is 5.12. The number of aliphatic hydroxyl groups is 1. The number of aliphatic hydroxyl groups excluding tert-OH is 1. The molecule has 0 amide bonds. The highest BCUT2D eigenvalue weighted by Crippen LogP contribution is 2.12. The highest BCUT2D eigenvalue weighted by Gasteiger charge is 2.13. The van der Waals surface area contributed by atoms with E-state index in [4.69, 9.17) is 4.74 Å². The minimum absolute atomic E-state index is 0.260. The van der Waals surface area contributed by atoms with Gasteiger partial charge in [-0.05, 0) is 52.7 Å². The second-order valence-electron chi connectivity index (χ2n) is 5.12. The number of hydrogen-bond acceptors (Lipinski definition) is 3. The minimum Gasteiger partial charge on any atom is -0.396 e. The van der Waals surface area contributed by atoms with E-state index in [0.29, 0.717) is 12.5 Å². The number of hydrogen-bond donors (Lipinski definition) is 1. The molecule has 0 aromatic rings. The monoisotopic (exact) mass is 229 g/mol. The van der Waals surface area contributed by atoms with Crippen LogP contribution in [0.4, 0.5) is 0 Å². The van der Waals surface area contributed by atoms with Crippen molar-refractivity contribution < 1.29 is 9.84 Å². The molecular formula is C13H27NO2. The molecule has 0 spiro atoms. The first-order valence-electron chi connectivity index (χ1n) is 6.67. The van der Waals surface area contributed by atoms with Gasteiger partial charge in [0.2, 0.25) is 0 Å². The molecular weight excluding hydrogens is 202 g/mol. The van der Waals surface area contributed by atoms with Crippen LogP contribution in [0, 0.1) is 5.92 Å². The smallest absolute Gasteiger partial charge is 0.0519 e. The van der Waals surface area contributed by atoms with E-state index >= 15 is 0 Å². The molecule has 0 aromatic carbocycles. The molecule has 1 unspecified atom stereocenters. The predicted octanol–water partition coefficient (Wildman–Crippen LogP) is 1.90. The Morgan fingerprint density at radius 1 is 1.25 bits per heavy atom. The van der Waals surface area contributed by atoms with Crippen LogP contribution in [0.2, 0.25) is 0 Å². The van der Waals surface area contributed by atoms with Gasteiger partial charge in [0.15, 0.2) is 0 Å². The zero-order chi connectivity index (χ0) is 11.8. The van der Waals surface area contributed by atoms with Crippen LogP contribution in [-0.2, 0) is 4.74 Å². The van der Waals surface area contributed by atoms with Crippen LogP contribution in [0.3, 0.4) is 0 Å². The lowest BCUT2D eigenvalue weighted by Gasteiger charge is -2.30. The Hall–Kier alpha value is -0.120. The first kappa shape index (κ1) is 13.9. The Labute approximate surface area is 99.8 Å². The standard InChI is InChI=1S/C13H27NO2/c1-12(2)16-11-13(10-15)6-3-4-7-14-8-5-9-14/h12-13,15H,3-11H2,1-2H3. The maximum Gasteiger partial charge on any atom is 0.0519 e. The van der Waals surface area contributed by atoms with Crippen LogP contribution in [0.1, 0.15) is 39.5 Å². The van der Waals surface area contributed by atoms with Crippen LogP contribution >= 0.6 is 0 Å². The van der Waals surface area contributed by atoms with Gasteiger partial charge in [-0.15, -0.1) is 0 Å². The van der Waals surface area contributed by atoms with Crippen LogP contribution in [0.15, 0.2) is 0 Å². The molecule has 3 nitrogen and oxygen atoms in total. The number of ether oxygens (including phenoxy) is 1. The van der Waals surface area contributed by atoms with Gasteiger partial charge in [-0.2, -0.15) is 0 Å². The van der Waals surface area contributed by atoms with E-state index in [2.05, 4.69) is 4.90 Å². The first-order valence-corrected chi connectivity index (χ1v) is 6.67. The molecule has 96 valence electrons. The Balaban J connectivity index is 1.94. The highest BCUT2D eigenvalue weighted by molar-refractivity contribution is 4.68. The Morgan fingerprint density at radius 2 is 2.00 bits per heavy atom. The summed E-state index contributed by atoms with van der Waals surface area (Å²) < 4.78 is 5.53. The number of likely N-dealkylation sites (tertiary alicyclic amines) is 1. The zero-order valence-corrected chi connectivity index (χ0v) is 10.8. The van der Waals surface area contributed by atoms with Gasteiger partial charge in [0, 0.05) is 12.5 Å². The molecule has 1 fully saturated rings. The van der Waals surface area contributed by atoms with Crippen LogP contribution < -0.4 is 0 Å². The summed E-state index contributed by atoms with van der Waals surface area (Å²) in [5.74, 6) is 0.332. The summed E-state index contributed by atoms with van der Waals surface area (Å²) in [4.78, 5) is 2.50. The van der Waals surface area contributed by atoms with E-state index < -0.39 is 0 Å². The average Bonchev–Trinajstić information content (AvgIpc) is 2.19. The second kappa shape index (κ2) is 8.04. The van der Waals surface area contributed by atoms with Crippen molar-refractivity contribution in [3.8, 4) is 0 Å². The molecule has 1 saturated heterocycles. The molecule has 0 saturated carbocycles. The van der Waals surface area contributed by atoms with Crippen molar-refractivity contribution in [2.24, 2.45) is 5.92 Å². The third kappa shape index (κ3) is 5.83. The number of unbranched alkanes of at least 4 members (excludes halogenated alkanes) is 1. The van der Waals surface area contributed by atoms with Crippen LogP contribution in [0.5, 0.6) is 0 Å². The summed E-state index contributed by atoms with van der Waals surface area (Å²) in [6.45, 7) is 8.87. The van der Waals surface area contributed by atoms with E-state index in [1.807, 2.05) is 13.8 Å². The fraction of sp³-hybridized carbons (Fsp3) is 1.00. The Bertz CT molecular complexity index is 169. The number of nitrogens with zero attached hydrogens (tertiary/aromatic N) is 1. The molecule has 3 heteroatoms. The summed E-state index contributed by atoms with van der Waals surface area (Å²) >= 11 is 0. The Morgan fingerprint density at radius 3 is 2.50 bits per heavy atom. The predicted molar refractivity (Wildman–Crippen MR) is 66.6 cm³/mol. The van der Waals surface area contributed by atoms with E-state index in [1.54, 1.807) is 0 Å². The van der Waals surface area contributed by atoms with Crippen molar-refractivity contribution in [2.45, 2.75) is 45.6 Å². The van der Waals surface area contributed by atoms with Gasteiger partial charge in [-0.1, -0.05) is 6.42 Å². The Kier molecular flexibility index (Phi) is 7.01. The molecule has 1 aliphatic rings. The van der Waals surface area contributed by atoms with Gasteiger partial charge in [0.1, 0.15) is 0 Å². The fourth-order valence-corrected chi connectivity index (χ4v) is 1.93. The fourth-order valence-electron chi connectivity index (χ4n) is 1.93. The number of rotatable bonds is 9. The molecule has 16 heavy (non-hydrogen) atoms. The summed E-state index contributed by atoms with van der Waals surface area (Å²) in [6.07, 6.45) is 5.22. The summed E-state index contributed by atoms with van der Waals surface area (Å²) in [6, 6.07) is 0. The molecule has 0 radical (unpaired) electrons. The van der Waals surface area contributed by atoms with Crippen molar-refractivity contribution in [1.82, 2.24) is 4.90 Å². The third-order valence-corrected chi connectivity index (χ3v) is 3.21. The topological polar surface area (TPSA) is 32.7 Å². The molecule has 1 rings (SSSR count). The summed E-state index contributed by atoms with van der Waals surface area (Å²) in [7, 11) is 0. The van der Waals surface area contributed by atoms with Crippen molar-refractivity contribution in [1.29, 1.82) is 0 Å². The maximum absolute atomic E-state index is 9.21. The zero-order valence-electron chi connectivity index (χ0n) is 10.8. The van der Waals surface area contributed by atoms with Crippen LogP contribution in [-0.4, -0.2) is 49.0 Å². The van der Waals surface area contributed by atoms with Crippen LogP contribution in [0.25, 0.3) is 0 Å². The molecule has 0 bridgehead atoms. The van der Waals surface area contributed by atoms with E-state index in [1.165, 1.54) is 38.9 Å². The average molecular weight is 229 g/mol. The first-order chi connectivity index (χ1) is 7.72. The van der Waals surface area contributed by atoms with Gasteiger partial charge in [-0.25, -0.2) is 0 Å². The SMILES string of the molecule is CC(C)OCC(CO)CCCCN1CCC1. The van der Waals surface area contributed by atoms with Gasteiger partial charge < -0.3 is 14.7 Å². The van der Waals surface area contributed by atoms with Gasteiger partial charge in [0.25, 0.3) is 0 Å². The van der Waals surface area contributed by atoms with Crippen molar-refractivity contribution >= 4 is 0 Å². The third-order valence-electron chi connectivity index (χ3n) is 3.21. The van der Waals surface area contributed by atoms with E-state index in [0.717, 1.165) is 6.42 Å².